The van der Waals surface area contributed by atoms with Crippen molar-refractivity contribution >= 4 is 33.2 Å². The zero-order valence-electron chi connectivity index (χ0n) is 11.6. The van der Waals surface area contributed by atoms with Gasteiger partial charge in [-0.25, -0.2) is 0 Å². The number of nitrogens with one attached hydrogen (secondary N) is 2. The van der Waals surface area contributed by atoms with Crippen LogP contribution in [-0.4, -0.2) is 23.6 Å². The second-order valence-electron chi connectivity index (χ2n) is 5.17. The summed E-state index contributed by atoms with van der Waals surface area (Å²) in [4.78, 5) is 13.5. The van der Waals surface area contributed by atoms with Gasteiger partial charge in [-0.2, -0.15) is 0 Å². The van der Waals surface area contributed by atoms with Crippen molar-refractivity contribution in [1.29, 1.82) is 0 Å². The van der Waals surface area contributed by atoms with Crippen molar-refractivity contribution in [3.63, 3.8) is 0 Å². The predicted octanol–water partition coefficient (Wildman–Crippen LogP) is 3.17. The molecule has 0 aliphatic carbocycles. The highest BCUT2D eigenvalue weighted by Crippen LogP contribution is 2.23. The Morgan fingerprint density at radius 3 is 2.90 bits per heavy atom. The zero-order valence-corrected chi connectivity index (χ0v) is 14.0. The van der Waals surface area contributed by atoms with E-state index in [0.717, 1.165) is 40.3 Å². The monoisotopic (exact) mass is 367 g/mol. The normalized spacial score (nSPS) is 16.0. The summed E-state index contributed by atoms with van der Waals surface area (Å²) >= 11 is 5.08. The maximum atomic E-state index is 12.4. The summed E-state index contributed by atoms with van der Waals surface area (Å²) in [5, 5.41) is 6.37. The van der Waals surface area contributed by atoms with Gasteiger partial charge in [0.15, 0.2) is 0 Å². The van der Waals surface area contributed by atoms with Gasteiger partial charge < -0.3 is 15.2 Å². The quantitative estimate of drug-likeness (QED) is 0.871. The molecule has 2 N–H and O–H groups in total. The Morgan fingerprint density at radius 1 is 1.38 bits per heavy atom. The first-order valence-electron chi connectivity index (χ1n) is 7.14. The number of carbonyl (C=O) groups excluding carboxylic acids is 1. The lowest BCUT2D eigenvalue weighted by molar-refractivity contribution is 0.0938. The van der Waals surface area contributed by atoms with Crippen LogP contribution in [0, 0.1) is 0 Å². The molecule has 1 fully saturated rings. The molecule has 1 amide bonds. The maximum absolute atomic E-state index is 12.4. The third kappa shape index (κ3) is 3.56. The zero-order chi connectivity index (χ0) is 14.7. The van der Waals surface area contributed by atoms with Gasteiger partial charge in [-0.05, 0) is 66.1 Å². The molecule has 1 aliphatic heterocycles. The van der Waals surface area contributed by atoms with E-state index in [1.165, 1.54) is 0 Å². The van der Waals surface area contributed by atoms with E-state index in [0.29, 0.717) is 12.6 Å². The Labute approximate surface area is 136 Å². The minimum absolute atomic E-state index is 0.00283. The lowest BCUT2D eigenvalue weighted by atomic mass is 10.1. The SMILES string of the molecule is O=C(NCc1ccc(Br)s1)c1cccn1C1CCNCC1. The van der Waals surface area contributed by atoms with Gasteiger partial charge in [-0.1, -0.05) is 0 Å². The number of aromatic nitrogens is 1. The average molecular weight is 368 g/mol. The molecule has 112 valence electrons. The number of nitrogens with zero attached hydrogens (tertiary/aromatic N) is 1. The first kappa shape index (κ1) is 14.8. The molecule has 21 heavy (non-hydrogen) atoms. The highest BCUT2D eigenvalue weighted by atomic mass is 79.9. The minimum Gasteiger partial charge on any atom is -0.346 e. The van der Waals surface area contributed by atoms with Crippen LogP contribution >= 0.6 is 27.3 Å². The Bertz CT molecular complexity index is 616. The number of halogens is 1. The van der Waals surface area contributed by atoms with Crippen molar-refractivity contribution in [3.8, 4) is 0 Å². The lowest BCUT2D eigenvalue weighted by Crippen LogP contribution is -2.32. The fourth-order valence-corrected chi connectivity index (χ4v) is 4.12. The number of amides is 1. The van der Waals surface area contributed by atoms with Crippen molar-refractivity contribution < 1.29 is 4.79 Å². The first-order valence-corrected chi connectivity index (χ1v) is 8.75. The predicted molar refractivity (Wildman–Crippen MR) is 88.8 cm³/mol. The highest BCUT2D eigenvalue weighted by molar-refractivity contribution is 9.11. The molecule has 4 nitrogen and oxygen atoms in total. The topological polar surface area (TPSA) is 46.1 Å². The van der Waals surface area contributed by atoms with Crippen molar-refractivity contribution in [1.82, 2.24) is 15.2 Å². The summed E-state index contributed by atoms with van der Waals surface area (Å²) in [6, 6.07) is 8.32. The average Bonchev–Trinajstić information content (AvgIpc) is 3.14. The van der Waals surface area contributed by atoms with Gasteiger partial charge in [0.25, 0.3) is 5.91 Å². The molecule has 0 aromatic carbocycles. The largest absolute Gasteiger partial charge is 0.346 e. The second kappa shape index (κ2) is 6.77. The van der Waals surface area contributed by atoms with Crippen LogP contribution in [0.2, 0.25) is 0 Å². The Balaban J connectivity index is 1.65. The molecule has 1 saturated heterocycles. The summed E-state index contributed by atoms with van der Waals surface area (Å²) < 4.78 is 3.21. The van der Waals surface area contributed by atoms with Crippen LogP contribution in [0.4, 0.5) is 0 Å². The van der Waals surface area contributed by atoms with Gasteiger partial charge in [0.2, 0.25) is 0 Å². The highest BCUT2D eigenvalue weighted by Gasteiger charge is 2.19. The summed E-state index contributed by atoms with van der Waals surface area (Å²) in [5.74, 6) is 0.00283. The molecule has 3 heterocycles. The van der Waals surface area contributed by atoms with E-state index in [1.807, 2.05) is 30.5 Å². The number of hydrogen-bond donors (Lipinski definition) is 2. The molecule has 6 heteroatoms. The lowest BCUT2D eigenvalue weighted by Gasteiger charge is -2.25. The van der Waals surface area contributed by atoms with Crippen LogP contribution in [-0.2, 0) is 6.54 Å². The standard InChI is InChI=1S/C15H18BrN3OS/c16-14-4-3-12(21-14)10-18-15(20)13-2-1-9-19(13)11-5-7-17-8-6-11/h1-4,9,11,17H,5-8,10H2,(H,18,20). The molecule has 0 bridgehead atoms. The van der Waals surface area contributed by atoms with E-state index in [9.17, 15) is 4.79 Å². The van der Waals surface area contributed by atoms with Crippen molar-refractivity contribution in [2.45, 2.75) is 25.4 Å². The van der Waals surface area contributed by atoms with Gasteiger partial charge in [-0.15, -0.1) is 11.3 Å². The van der Waals surface area contributed by atoms with Crippen LogP contribution in [0.1, 0.15) is 34.2 Å². The molecule has 0 radical (unpaired) electrons. The Kier molecular flexibility index (Phi) is 4.77. The summed E-state index contributed by atoms with van der Waals surface area (Å²) in [6.45, 7) is 2.62. The van der Waals surface area contributed by atoms with E-state index < -0.39 is 0 Å². The van der Waals surface area contributed by atoms with E-state index in [2.05, 4.69) is 31.1 Å². The summed E-state index contributed by atoms with van der Waals surface area (Å²) in [5.41, 5.74) is 0.762. The van der Waals surface area contributed by atoms with Gasteiger partial charge in [-0.3, -0.25) is 4.79 Å². The molecule has 0 unspecified atom stereocenters. The molecule has 0 saturated carbocycles. The summed E-state index contributed by atoms with van der Waals surface area (Å²) in [6.07, 6.45) is 4.17. The van der Waals surface area contributed by atoms with Crippen molar-refractivity contribution in [3.05, 3.63) is 44.8 Å². The van der Waals surface area contributed by atoms with E-state index in [1.54, 1.807) is 11.3 Å². The number of piperidine rings is 1. The number of thiophene rings is 1. The van der Waals surface area contributed by atoms with Crippen molar-refractivity contribution in [2.75, 3.05) is 13.1 Å². The third-order valence-electron chi connectivity index (χ3n) is 3.77. The van der Waals surface area contributed by atoms with Gasteiger partial charge >= 0.3 is 0 Å². The molecule has 2 aromatic heterocycles. The fraction of sp³-hybridized carbons (Fsp3) is 0.400. The van der Waals surface area contributed by atoms with Gasteiger partial charge in [0, 0.05) is 17.1 Å². The number of carbonyl (C=O) groups is 1. The van der Waals surface area contributed by atoms with Gasteiger partial charge in [0.05, 0.1) is 10.3 Å². The summed E-state index contributed by atoms with van der Waals surface area (Å²) in [7, 11) is 0. The minimum atomic E-state index is 0.00283. The molecular formula is C15H18BrN3OS. The van der Waals surface area contributed by atoms with Crippen LogP contribution in [0.25, 0.3) is 0 Å². The molecule has 2 aromatic rings. The van der Waals surface area contributed by atoms with E-state index >= 15 is 0 Å². The molecular weight excluding hydrogens is 350 g/mol. The second-order valence-corrected chi connectivity index (χ2v) is 7.72. The van der Waals surface area contributed by atoms with Crippen LogP contribution in [0.5, 0.6) is 0 Å². The van der Waals surface area contributed by atoms with Gasteiger partial charge in [0.1, 0.15) is 5.69 Å². The van der Waals surface area contributed by atoms with Crippen LogP contribution in [0.15, 0.2) is 34.2 Å². The van der Waals surface area contributed by atoms with Crippen LogP contribution in [0.3, 0.4) is 0 Å². The van der Waals surface area contributed by atoms with E-state index in [4.69, 9.17) is 0 Å². The third-order valence-corrected chi connectivity index (χ3v) is 5.39. The number of rotatable bonds is 4. The molecule has 3 rings (SSSR count). The molecule has 0 atom stereocenters. The molecule has 0 spiro atoms. The van der Waals surface area contributed by atoms with E-state index in [-0.39, 0.29) is 5.91 Å². The van der Waals surface area contributed by atoms with Crippen molar-refractivity contribution in [2.24, 2.45) is 0 Å². The smallest absolute Gasteiger partial charge is 0.268 e. The Hall–Kier alpha value is -1.11. The Morgan fingerprint density at radius 2 is 2.19 bits per heavy atom. The maximum Gasteiger partial charge on any atom is 0.268 e. The first-order chi connectivity index (χ1) is 10.2. The number of hydrogen-bond acceptors (Lipinski definition) is 3. The molecule has 1 aliphatic rings. The van der Waals surface area contributed by atoms with Crippen LogP contribution < -0.4 is 10.6 Å². The fourth-order valence-electron chi connectivity index (χ4n) is 2.69.